The van der Waals surface area contributed by atoms with E-state index in [1.165, 1.54) is 29.4 Å². The van der Waals surface area contributed by atoms with Gasteiger partial charge in [0.15, 0.2) is 5.82 Å². The molecule has 0 radical (unpaired) electrons. The van der Waals surface area contributed by atoms with Crippen LogP contribution in [0.25, 0.3) is 16.0 Å². The Kier molecular flexibility index (Phi) is 7.10. The Morgan fingerprint density at radius 3 is 2.77 bits per heavy atom. The van der Waals surface area contributed by atoms with Crippen LogP contribution < -0.4 is 21.3 Å². The van der Waals surface area contributed by atoms with Crippen molar-refractivity contribution in [1.82, 2.24) is 35.9 Å². The smallest absolute Gasteiger partial charge is 0.157 e. The van der Waals surface area contributed by atoms with Crippen LogP contribution >= 0.6 is 11.3 Å². The second-order valence-electron chi connectivity index (χ2n) is 8.27. The highest BCUT2D eigenvalue weighted by molar-refractivity contribution is 7.18. The fraction of sp³-hybridized carbons (Fsp3) is 0.280. The van der Waals surface area contributed by atoms with Gasteiger partial charge in [-0.1, -0.05) is 41.7 Å². The molecule has 0 spiro atoms. The number of hydrogen-bond donors (Lipinski definition) is 4. The van der Waals surface area contributed by atoms with Crippen LogP contribution in [0.4, 0.5) is 10.2 Å². The van der Waals surface area contributed by atoms with Crippen molar-refractivity contribution >= 4 is 33.2 Å². The lowest BCUT2D eigenvalue weighted by Gasteiger charge is -2.14. The molecule has 10 heteroatoms. The first-order chi connectivity index (χ1) is 17.2. The van der Waals surface area contributed by atoms with Crippen LogP contribution in [0.2, 0.25) is 0 Å². The zero-order valence-electron chi connectivity index (χ0n) is 19.4. The first-order valence-electron chi connectivity index (χ1n) is 11.6. The molecule has 0 saturated carbocycles. The predicted octanol–water partition coefficient (Wildman–Crippen LogP) is 3.66. The minimum absolute atomic E-state index is 0.216. The summed E-state index contributed by atoms with van der Waals surface area (Å²) in [5.41, 5.74) is 4.59. The zero-order valence-corrected chi connectivity index (χ0v) is 20.2. The Morgan fingerprint density at radius 2 is 1.91 bits per heavy atom. The number of allylic oxidation sites excluding steroid dienone is 1. The summed E-state index contributed by atoms with van der Waals surface area (Å²) in [4.78, 5) is 18.2. The number of hydrogen-bond acceptors (Lipinski definition) is 9. The van der Waals surface area contributed by atoms with Crippen LogP contribution in [0.5, 0.6) is 0 Å². The van der Waals surface area contributed by atoms with E-state index in [-0.39, 0.29) is 18.5 Å². The largest absolute Gasteiger partial charge is 0.367 e. The maximum atomic E-state index is 13.9. The number of rotatable bonds is 10. The minimum Gasteiger partial charge on any atom is -0.367 e. The molecule has 4 N–H and O–H groups in total. The Balaban J connectivity index is 1.09. The SMILES string of the molecule is CC1=C(c2ccccc2)NC(CCNCCc2nc3c(NCc4ncccc4F)ncnc3s2)N1. The number of aromatic nitrogens is 4. The molecule has 0 aliphatic carbocycles. The fourth-order valence-corrected chi connectivity index (χ4v) is 4.92. The normalized spacial score (nSPS) is 15.3. The van der Waals surface area contributed by atoms with E-state index in [2.05, 4.69) is 67.4 Å². The number of pyridine rings is 1. The predicted molar refractivity (Wildman–Crippen MR) is 137 cm³/mol. The molecule has 1 unspecified atom stereocenters. The summed E-state index contributed by atoms with van der Waals surface area (Å²) in [6.45, 7) is 4.04. The molecule has 0 bridgehead atoms. The molecule has 4 aromatic rings. The number of halogens is 1. The first kappa shape index (κ1) is 23.1. The summed E-state index contributed by atoms with van der Waals surface area (Å²) < 4.78 is 13.9. The van der Waals surface area contributed by atoms with E-state index in [9.17, 15) is 4.39 Å². The highest BCUT2D eigenvalue weighted by atomic mass is 32.1. The number of anilines is 1. The molecule has 3 aromatic heterocycles. The summed E-state index contributed by atoms with van der Waals surface area (Å²) in [7, 11) is 0. The summed E-state index contributed by atoms with van der Waals surface area (Å²) in [5.74, 6) is 0.242. The van der Waals surface area contributed by atoms with E-state index in [1.807, 2.05) is 6.07 Å². The maximum absolute atomic E-state index is 13.9. The van der Waals surface area contributed by atoms with E-state index in [1.54, 1.807) is 23.6 Å². The molecule has 0 fully saturated rings. The van der Waals surface area contributed by atoms with Crippen molar-refractivity contribution in [1.29, 1.82) is 0 Å². The van der Waals surface area contributed by atoms with Gasteiger partial charge in [0.25, 0.3) is 0 Å². The molecular formula is C25H27FN8S. The van der Waals surface area contributed by atoms with Crippen LogP contribution in [0.1, 0.15) is 29.6 Å². The van der Waals surface area contributed by atoms with Crippen molar-refractivity contribution in [2.45, 2.75) is 32.5 Å². The van der Waals surface area contributed by atoms with Crippen molar-refractivity contribution < 1.29 is 4.39 Å². The zero-order chi connectivity index (χ0) is 24.0. The number of fused-ring (bicyclic) bond motifs is 1. The summed E-state index contributed by atoms with van der Waals surface area (Å²) in [6, 6.07) is 13.3. The third-order valence-corrected chi connectivity index (χ3v) is 6.79. The minimum atomic E-state index is -0.347. The van der Waals surface area contributed by atoms with Crippen molar-refractivity contribution in [3.8, 4) is 0 Å². The number of nitrogens with one attached hydrogen (secondary N) is 4. The van der Waals surface area contributed by atoms with Gasteiger partial charge in [-0.15, -0.1) is 0 Å². The molecule has 1 aliphatic heterocycles. The van der Waals surface area contributed by atoms with Gasteiger partial charge in [-0.05, 0) is 37.6 Å². The molecule has 1 atom stereocenters. The van der Waals surface area contributed by atoms with E-state index in [4.69, 9.17) is 4.98 Å². The molecular weight excluding hydrogens is 463 g/mol. The van der Waals surface area contributed by atoms with Crippen LogP contribution in [0.3, 0.4) is 0 Å². The molecule has 0 amide bonds. The quantitative estimate of drug-likeness (QED) is 0.250. The molecule has 1 aromatic carbocycles. The van der Waals surface area contributed by atoms with Crippen molar-refractivity contribution in [2.24, 2.45) is 0 Å². The highest BCUT2D eigenvalue weighted by Crippen LogP contribution is 2.25. The van der Waals surface area contributed by atoms with E-state index in [0.717, 1.165) is 35.8 Å². The average molecular weight is 491 g/mol. The lowest BCUT2D eigenvalue weighted by molar-refractivity contribution is 0.497. The molecule has 35 heavy (non-hydrogen) atoms. The number of thiazole rings is 1. The fourth-order valence-electron chi connectivity index (χ4n) is 4.02. The Labute approximate surface area is 207 Å². The summed E-state index contributed by atoms with van der Waals surface area (Å²) >= 11 is 1.55. The van der Waals surface area contributed by atoms with Gasteiger partial charge in [0.05, 0.1) is 29.1 Å². The van der Waals surface area contributed by atoms with Gasteiger partial charge in [-0.2, -0.15) is 0 Å². The molecule has 4 heterocycles. The molecule has 1 aliphatic rings. The van der Waals surface area contributed by atoms with Gasteiger partial charge >= 0.3 is 0 Å². The molecule has 8 nitrogen and oxygen atoms in total. The lowest BCUT2D eigenvalue weighted by atomic mass is 10.1. The summed E-state index contributed by atoms with van der Waals surface area (Å²) in [5, 5.41) is 14.8. The van der Waals surface area contributed by atoms with Crippen LogP contribution in [0.15, 0.2) is 60.7 Å². The van der Waals surface area contributed by atoms with Gasteiger partial charge < -0.3 is 21.3 Å². The standard InChI is InChI=1S/C25H27FN8S/c1-16-22(17-6-3-2-4-7-17)33-20(32-16)9-12-27-13-10-21-34-23-24(30-15-31-25(23)35-21)29-14-19-18(26)8-5-11-28-19/h2-8,11,15,20,27,32-33H,9-10,12-14H2,1H3,(H,29,30,31). The van der Waals surface area contributed by atoms with Gasteiger partial charge in [0.1, 0.15) is 22.5 Å². The second-order valence-corrected chi connectivity index (χ2v) is 9.33. The third kappa shape index (κ3) is 5.55. The Morgan fingerprint density at radius 1 is 1.03 bits per heavy atom. The third-order valence-electron chi connectivity index (χ3n) is 5.77. The van der Waals surface area contributed by atoms with Crippen molar-refractivity contribution in [3.05, 3.63) is 82.8 Å². The monoisotopic (exact) mass is 490 g/mol. The van der Waals surface area contributed by atoms with Crippen LogP contribution in [0, 0.1) is 5.82 Å². The molecule has 180 valence electrons. The topological polar surface area (TPSA) is 99.7 Å². The van der Waals surface area contributed by atoms with Crippen molar-refractivity contribution in [2.75, 3.05) is 18.4 Å². The van der Waals surface area contributed by atoms with Crippen LogP contribution in [-0.2, 0) is 13.0 Å². The Bertz CT molecular complexity index is 1320. The van der Waals surface area contributed by atoms with Gasteiger partial charge in [-0.25, -0.2) is 19.3 Å². The van der Waals surface area contributed by atoms with Gasteiger partial charge in [0, 0.05) is 24.9 Å². The maximum Gasteiger partial charge on any atom is 0.157 e. The van der Waals surface area contributed by atoms with E-state index in [0.29, 0.717) is 17.0 Å². The van der Waals surface area contributed by atoms with E-state index < -0.39 is 0 Å². The molecule has 5 rings (SSSR count). The Hall–Kier alpha value is -3.63. The number of benzene rings is 1. The average Bonchev–Trinajstić information content (AvgIpc) is 3.47. The summed E-state index contributed by atoms with van der Waals surface area (Å²) in [6.07, 6.45) is 5.04. The second kappa shape index (κ2) is 10.7. The first-order valence-corrected chi connectivity index (χ1v) is 12.4. The van der Waals surface area contributed by atoms with Gasteiger partial charge in [-0.3, -0.25) is 4.98 Å². The van der Waals surface area contributed by atoms with E-state index >= 15 is 0 Å². The van der Waals surface area contributed by atoms with Crippen LogP contribution in [-0.4, -0.2) is 39.2 Å². The van der Waals surface area contributed by atoms with Crippen molar-refractivity contribution in [3.63, 3.8) is 0 Å². The van der Waals surface area contributed by atoms with Gasteiger partial charge in [0.2, 0.25) is 0 Å². The highest BCUT2D eigenvalue weighted by Gasteiger charge is 2.20. The molecule has 0 saturated heterocycles. The lowest BCUT2D eigenvalue weighted by Crippen LogP contribution is -2.36. The number of nitrogens with zero attached hydrogens (tertiary/aromatic N) is 4.